The number of imidazole rings is 1. The van der Waals surface area contributed by atoms with Crippen molar-refractivity contribution in [1.82, 2.24) is 24.6 Å². The maximum atomic E-state index is 4.50. The summed E-state index contributed by atoms with van der Waals surface area (Å²) >= 11 is 0. The highest BCUT2D eigenvalue weighted by Crippen LogP contribution is 2.21. The van der Waals surface area contributed by atoms with Crippen LogP contribution in [0.15, 0.2) is 24.5 Å². The van der Waals surface area contributed by atoms with Crippen molar-refractivity contribution in [2.75, 3.05) is 44.0 Å². The van der Waals surface area contributed by atoms with Crippen LogP contribution in [0, 0.1) is 0 Å². The molecule has 7 nitrogen and oxygen atoms in total. The second-order valence-electron chi connectivity index (χ2n) is 6.70. The Morgan fingerprint density at radius 1 is 1.21 bits per heavy atom. The smallest absolute Gasteiger partial charge is 0.204 e. The molecule has 0 spiro atoms. The number of nitrogens with zero attached hydrogens (tertiary/aromatic N) is 7. The minimum absolute atomic E-state index is 0.529. The van der Waals surface area contributed by atoms with Gasteiger partial charge in [-0.2, -0.15) is 5.10 Å². The van der Waals surface area contributed by atoms with Crippen LogP contribution >= 0.6 is 0 Å². The van der Waals surface area contributed by atoms with Crippen molar-refractivity contribution < 1.29 is 0 Å². The van der Waals surface area contributed by atoms with Gasteiger partial charge in [0.1, 0.15) is 0 Å². The maximum Gasteiger partial charge on any atom is 0.204 e. The molecular weight excluding hydrogens is 302 g/mol. The molecule has 3 rings (SSSR count). The molecule has 24 heavy (non-hydrogen) atoms. The van der Waals surface area contributed by atoms with Gasteiger partial charge in [-0.3, -0.25) is 4.90 Å². The molecular formula is C17H27N7. The van der Waals surface area contributed by atoms with Crippen LogP contribution in [0.2, 0.25) is 0 Å². The van der Waals surface area contributed by atoms with Gasteiger partial charge in [0.05, 0.1) is 11.9 Å². The molecule has 0 radical (unpaired) electrons. The summed E-state index contributed by atoms with van der Waals surface area (Å²) < 4.78 is 2.18. The third-order valence-corrected chi connectivity index (χ3v) is 4.87. The second kappa shape index (κ2) is 7.17. The number of likely N-dealkylation sites (tertiary alicyclic amines) is 1. The molecule has 2 aromatic heterocycles. The second-order valence-corrected chi connectivity index (χ2v) is 6.70. The molecule has 0 aliphatic carbocycles. The molecule has 0 N–H and O–H groups in total. The van der Waals surface area contributed by atoms with Gasteiger partial charge in [0, 0.05) is 60.1 Å². The molecule has 1 aliphatic rings. The van der Waals surface area contributed by atoms with E-state index in [-0.39, 0.29) is 0 Å². The van der Waals surface area contributed by atoms with E-state index >= 15 is 0 Å². The molecule has 0 bridgehead atoms. The van der Waals surface area contributed by atoms with Crippen molar-refractivity contribution >= 4 is 11.8 Å². The summed E-state index contributed by atoms with van der Waals surface area (Å²) in [5.74, 6) is 1.96. The van der Waals surface area contributed by atoms with E-state index in [1.165, 1.54) is 5.69 Å². The summed E-state index contributed by atoms with van der Waals surface area (Å²) in [6.45, 7) is 3.15. The Morgan fingerprint density at radius 3 is 2.54 bits per heavy atom. The number of piperidine rings is 1. The van der Waals surface area contributed by atoms with Gasteiger partial charge in [-0.15, -0.1) is 5.10 Å². The Morgan fingerprint density at radius 2 is 1.96 bits per heavy atom. The third-order valence-electron chi connectivity index (χ3n) is 4.87. The van der Waals surface area contributed by atoms with Crippen molar-refractivity contribution in [3.8, 4) is 0 Å². The van der Waals surface area contributed by atoms with Crippen molar-refractivity contribution in [2.45, 2.75) is 25.4 Å². The van der Waals surface area contributed by atoms with E-state index in [2.05, 4.69) is 43.6 Å². The average molecular weight is 329 g/mol. The fraction of sp³-hybridized carbons (Fsp3) is 0.588. The summed E-state index contributed by atoms with van der Waals surface area (Å²) in [6.07, 6.45) is 6.00. The van der Waals surface area contributed by atoms with Gasteiger partial charge in [-0.05, 0) is 25.0 Å². The molecule has 1 aliphatic heterocycles. The van der Waals surface area contributed by atoms with Crippen LogP contribution in [0.25, 0.3) is 0 Å². The Balaban J connectivity index is 1.56. The SMILES string of the molecule is CN(C)c1ncc(CN2CCC(N(C)c3cccnn3)CC2)n1C. The number of aromatic nitrogens is 4. The zero-order valence-electron chi connectivity index (χ0n) is 15.1. The van der Waals surface area contributed by atoms with E-state index in [0.717, 1.165) is 44.2 Å². The van der Waals surface area contributed by atoms with Crippen LogP contribution in [-0.4, -0.2) is 64.9 Å². The van der Waals surface area contributed by atoms with Gasteiger partial charge in [0.25, 0.3) is 0 Å². The Kier molecular flexibility index (Phi) is 4.99. The molecule has 0 amide bonds. The first-order valence-corrected chi connectivity index (χ1v) is 8.47. The topological polar surface area (TPSA) is 53.3 Å². The number of hydrogen-bond donors (Lipinski definition) is 0. The van der Waals surface area contributed by atoms with Crippen molar-refractivity contribution in [3.05, 3.63) is 30.2 Å². The van der Waals surface area contributed by atoms with E-state index in [4.69, 9.17) is 0 Å². The lowest BCUT2D eigenvalue weighted by atomic mass is 10.0. The van der Waals surface area contributed by atoms with E-state index in [1.54, 1.807) is 6.20 Å². The highest BCUT2D eigenvalue weighted by molar-refractivity contribution is 5.36. The Hall–Kier alpha value is -2.15. The first kappa shape index (κ1) is 16.7. The summed E-state index contributed by atoms with van der Waals surface area (Å²) in [6, 6.07) is 4.50. The lowest BCUT2D eigenvalue weighted by Gasteiger charge is -2.37. The Labute approximate surface area is 143 Å². The molecule has 0 aromatic carbocycles. The van der Waals surface area contributed by atoms with Gasteiger partial charge < -0.3 is 14.4 Å². The minimum atomic E-state index is 0.529. The van der Waals surface area contributed by atoms with Crippen LogP contribution in [0.4, 0.5) is 11.8 Å². The van der Waals surface area contributed by atoms with Gasteiger partial charge in [-0.1, -0.05) is 0 Å². The largest absolute Gasteiger partial charge is 0.355 e. The molecule has 2 aromatic rings. The molecule has 1 saturated heterocycles. The molecule has 0 atom stereocenters. The van der Waals surface area contributed by atoms with Crippen LogP contribution in [0.3, 0.4) is 0 Å². The van der Waals surface area contributed by atoms with Gasteiger partial charge in [-0.25, -0.2) is 4.98 Å². The van der Waals surface area contributed by atoms with Crippen molar-refractivity contribution in [1.29, 1.82) is 0 Å². The fourth-order valence-corrected chi connectivity index (χ4v) is 3.36. The van der Waals surface area contributed by atoms with E-state index in [9.17, 15) is 0 Å². The van der Waals surface area contributed by atoms with E-state index in [0.29, 0.717) is 6.04 Å². The van der Waals surface area contributed by atoms with Crippen molar-refractivity contribution in [2.24, 2.45) is 7.05 Å². The van der Waals surface area contributed by atoms with Gasteiger partial charge in [0.15, 0.2) is 5.82 Å². The number of rotatable bonds is 5. The normalized spacial score (nSPS) is 16.3. The zero-order valence-corrected chi connectivity index (χ0v) is 15.1. The lowest BCUT2D eigenvalue weighted by Crippen LogP contribution is -2.43. The van der Waals surface area contributed by atoms with Crippen LogP contribution in [0.5, 0.6) is 0 Å². The molecule has 7 heteroatoms. The van der Waals surface area contributed by atoms with Gasteiger partial charge in [0.2, 0.25) is 5.95 Å². The van der Waals surface area contributed by atoms with Crippen LogP contribution < -0.4 is 9.80 Å². The van der Waals surface area contributed by atoms with Crippen LogP contribution in [-0.2, 0) is 13.6 Å². The first-order valence-electron chi connectivity index (χ1n) is 8.47. The summed E-state index contributed by atoms with van der Waals surface area (Å²) in [4.78, 5) is 11.3. The van der Waals surface area contributed by atoms with E-state index < -0.39 is 0 Å². The maximum absolute atomic E-state index is 4.50. The summed E-state index contributed by atoms with van der Waals surface area (Å²) in [5, 5.41) is 8.20. The monoisotopic (exact) mass is 329 g/mol. The molecule has 130 valence electrons. The summed E-state index contributed by atoms with van der Waals surface area (Å²) in [7, 11) is 8.26. The highest BCUT2D eigenvalue weighted by Gasteiger charge is 2.24. The predicted molar refractivity (Wildman–Crippen MR) is 96.3 cm³/mol. The minimum Gasteiger partial charge on any atom is -0.355 e. The molecule has 1 fully saturated rings. The van der Waals surface area contributed by atoms with Crippen molar-refractivity contribution in [3.63, 3.8) is 0 Å². The molecule has 0 unspecified atom stereocenters. The molecule has 3 heterocycles. The zero-order chi connectivity index (χ0) is 17.1. The highest BCUT2D eigenvalue weighted by atomic mass is 15.3. The standard InChI is InChI=1S/C17H27N7/c1-21(2)17-18-12-15(23(17)4)13-24-10-7-14(8-11-24)22(3)16-6-5-9-19-20-16/h5-6,9,12,14H,7-8,10-11,13H2,1-4H3. The first-order chi connectivity index (χ1) is 11.6. The lowest BCUT2D eigenvalue weighted by molar-refractivity contribution is 0.199. The number of anilines is 2. The fourth-order valence-electron chi connectivity index (χ4n) is 3.36. The molecule has 0 saturated carbocycles. The quantitative estimate of drug-likeness (QED) is 0.826. The predicted octanol–water partition coefficient (Wildman–Crippen LogP) is 1.38. The number of hydrogen-bond acceptors (Lipinski definition) is 6. The summed E-state index contributed by atoms with van der Waals surface area (Å²) in [5.41, 5.74) is 1.26. The van der Waals surface area contributed by atoms with E-state index in [1.807, 2.05) is 37.3 Å². The van der Waals surface area contributed by atoms with Crippen LogP contribution in [0.1, 0.15) is 18.5 Å². The third kappa shape index (κ3) is 3.51. The Bertz CT molecular complexity index is 644. The van der Waals surface area contributed by atoms with Gasteiger partial charge >= 0.3 is 0 Å². The average Bonchev–Trinajstić information content (AvgIpc) is 2.96.